The second-order valence-corrected chi connectivity index (χ2v) is 4.88. The van der Waals surface area contributed by atoms with Crippen molar-refractivity contribution in [2.24, 2.45) is 0 Å². The van der Waals surface area contributed by atoms with Crippen LogP contribution in [0, 0.1) is 5.82 Å². The van der Waals surface area contributed by atoms with E-state index in [4.69, 9.17) is 16.3 Å². The van der Waals surface area contributed by atoms with E-state index in [9.17, 15) is 9.18 Å². The van der Waals surface area contributed by atoms with Crippen LogP contribution < -0.4 is 5.32 Å². The molecule has 2 rings (SSSR count). The quantitative estimate of drug-likeness (QED) is 0.916. The second-order valence-electron chi connectivity index (χ2n) is 4.47. The number of benzene rings is 2. The Hall–Kier alpha value is -1.91. The summed E-state index contributed by atoms with van der Waals surface area (Å²) in [5.74, 6) is -0.633. The fourth-order valence-electron chi connectivity index (χ4n) is 1.97. The van der Waals surface area contributed by atoms with Gasteiger partial charge in [0.2, 0.25) is 0 Å². The third kappa shape index (κ3) is 4.03. The SMILES string of the molecule is COC(CNC(=O)c1ccccc1Cl)c1cccc(F)c1. The first-order valence-corrected chi connectivity index (χ1v) is 6.80. The van der Waals surface area contributed by atoms with Gasteiger partial charge in [-0.1, -0.05) is 35.9 Å². The minimum absolute atomic E-state index is 0.226. The van der Waals surface area contributed by atoms with Crippen molar-refractivity contribution in [1.82, 2.24) is 5.32 Å². The van der Waals surface area contributed by atoms with E-state index in [1.54, 1.807) is 36.4 Å². The van der Waals surface area contributed by atoms with Crippen molar-refractivity contribution in [2.75, 3.05) is 13.7 Å². The van der Waals surface area contributed by atoms with Crippen LogP contribution in [0.15, 0.2) is 48.5 Å². The number of ether oxygens (including phenoxy) is 1. The second kappa shape index (κ2) is 7.20. The van der Waals surface area contributed by atoms with Crippen LogP contribution in [0.25, 0.3) is 0 Å². The number of hydrogen-bond acceptors (Lipinski definition) is 2. The lowest BCUT2D eigenvalue weighted by atomic mass is 10.1. The Kier molecular flexibility index (Phi) is 5.31. The number of nitrogens with one attached hydrogen (secondary N) is 1. The van der Waals surface area contributed by atoms with Crippen LogP contribution in [0.2, 0.25) is 5.02 Å². The summed E-state index contributed by atoms with van der Waals surface area (Å²) >= 11 is 5.96. The van der Waals surface area contributed by atoms with Crippen LogP contribution in [0.5, 0.6) is 0 Å². The van der Waals surface area contributed by atoms with Gasteiger partial charge in [-0.05, 0) is 29.8 Å². The predicted octanol–water partition coefficient (Wildman–Crippen LogP) is 3.60. The number of rotatable bonds is 5. The Labute approximate surface area is 127 Å². The van der Waals surface area contributed by atoms with E-state index in [-0.39, 0.29) is 18.3 Å². The van der Waals surface area contributed by atoms with E-state index in [1.165, 1.54) is 19.2 Å². The highest BCUT2D eigenvalue weighted by molar-refractivity contribution is 6.33. The molecule has 0 saturated carbocycles. The zero-order valence-corrected chi connectivity index (χ0v) is 12.2. The molecule has 0 spiro atoms. The molecule has 0 bridgehead atoms. The molecule has 0 aliphatic carbocycles. The van der Waals surface area contributed by atoms with E-state index < -0.39 is 6.10 Å². The predicted molar refractivity (Wildman–Crippen MR) is 79.9 cm³/mol. The summed E-state index contributed by atoms with van der Waals surface area (Å²) in [5, 5.41) is 3.12. The lowest BCUT2D eigenvalue weighted by molar-refractivity contribution is 0.0827. The molecule has 0 heterocycles. The van der Waals surface area contributed by atoms with Crippen molar-refractivity contribution in [2.45, 2.75) is 6.10 Å². The number of hydrogen-bond donors (Lipinski definition) is 1. The highest BCUT2D eigenvalue weighted by Gasteiger charge is 2.15. The van der Waals surface area contributed by atoms with Gasteiger partial charge in [0.15, 0.2) is 0 Å². The molecule has 0 fully saturated rings. The molecule has 5 heteroatoms. The van der Waals surface area contributed by atoms with Gasteiger partial charge in [0, 0.05) is 13.7 Å². The Bertz CT molecular complexity index is 633. The van der Waals surface area contributed by atoms with Gasteiger partial charge in [-0.3, -0.25) is 4.79 Å². The third-order valence-electron chi connectivity index (χ3n) is 3.07. The van der Waals surface area contributed by atoms with E-state index in [0.29, 0.717) is 16.1 Å². The summed E-state index contributed by atoms with van der Waals surface area (Å²) < 4.78 is 18.5. The Morgan fingerprint density at radius 2 is 2.05 bits per heavy atom. The van der Waals surface area contributed by atoms with Crippen LogP contribution in [0.1, 0.15) is 22.0 Å². The number of carbonyl (C=O) groups is 1. The molecule has 3 nitrogen and oxygen atoms in total. The van der Waals surface area contributed by atoms with Gasteiger partial charge in [0.25, 0.3) is 5.91 Å². The molecule has 1 amide bonds. The molecular weight excluding hydrogens is 293 g/mol. The van der Waals surface area contributed by atoms with Crippen molar-refractivity contribution < 1.29 is 13.9 Å². The number of carbonyl (C=O) groups excluding carboxylic acids is 1. The van der Waals surface area contributed by atoms with Gasteiger partial charge in [0.1, 0.15) is 5.82 Å². The maximum atomic E-state index is 13.2. The van der Waals surface area contributed by atoms with Crippen LogP contribution in [-0.4, -0.2) is 19.6 Å². The van der Waals surface area contributed by atoms with Gasteiger partial charge >= 0.3 is 0 Å². The molecule has 21 heavy (non-hydrogen) atoms. The van der Waals surface area contributed by atoms with E-state index >= 15 is 0 Å². The molecule has 0 aliphatic rings. The molecule has 0 radical (unpaired) electrons. The first-order chi connectivity index (χ1) is 10.1. The minimum Gasteiger partial charge on any atom is -0.375 e. The van der Waals surface area contributed by atoms with Crippen molar-refractivity contribution in [3.63, 3.8) is 0 Å². The number of amides is 1. The molecule has 1 atom stereocenters. The molecule has 0 aromatic heterocycles. The lowest BCUT2D eigenvalue weighted by Gasteiger charge is -2.17. The standard InChI is InChI=1S/C16H15ClFNO2/c1-21-15(11-5-4-6-12(18)9-11)10-19-16(20)13-7-2-3-8-14(13)17/h2-9,15H,10H2,1H3,(H,19,20). The summed E-state index contributed by atoms with van der Waals surface area (Å²) in [5.41, 5.74) is 1.06. The van der Waals surface area contributed by atoms with Crippen LogP contribution in [0.4, 0.5) is 4.39 Å². The Balaban J connectivity index is 2.04. The van der Waals surface area contributed by atoms with Gasteiger partial charge in [-0.2, -0.15) is 0 Å². The van der Waals surface area contributed by atoms with Crippen LogP contribution in [-0.2, 0) is 4.74 Å². The average Bonchev–Trinajstić information content (AvgIpc) is 2.48. The third-order valence-corrected chi connectivity index (χ3v) is 3.40. The zero-order valence-electron chi connectivity index (χ0n) is 11.5. The molecule has 110 valence electrons. The number of halogens is 2. The zero-order chi connectivity index (χ0) is 15.2. The Morgan fingerprint density at radius 1 is 1.29 bits per heavy atom. The maximum Gasteiger partial charge on any atom is 0.252 e. The molecule has 2 aromatic rings. The summed E-state index contributed by atoms with van der Waals surface area (Å²) in [6.45, 7) is 0.226. The first kappa shape index (κ1) is 15.5. The van der Waals surface area contributed by atoms with Crippen molar-refractivity contribution in [3.8, 4) is 0 Å². The molecule has 0 saturated heterocycles. The van der Waals surface area contributed by atoms with Crippen molar-refractivity contribution in [1.29, 1.82) is 0 Å². The van der Waals surface area contributed by atoms with Gasteiger partial charge in [0.05, 0.1) is 16.7 Å². The van der Waals surface area contributed by atoms with Crippen molar-refractivity contribution >= 4 is 17.5 Å². The smallest absolute Gasteiger partial charge is 0.252 e. The highest BCUT2D eigenvalue weighted by Crippen LogP contribution is 2.18. The van der Waals surface area contributed by atoms with E-state index in [0.717, 1.165) is 0 Å². The summed E-state index contributed by atoms with van der Waals surface area (Å²) in [7, 11) is 1.51. The molecule has 1 N–H and O–H groups in total. The number of methoxy groups -OCH3 is 1. The monoisotopic (exact) mass is 307 g/mol. The highest BCUT2D eigenvalue weighted by atomic mass is 35.5. The summed E-state index contributed by atoms with van der Waals surface area (Å²) in [4.78, 5) is 12.1. The van der Waals surface area contributed by atoms with Crippen molar-refractivity contribution in [3.05, 3.63) is 70.5 Å². The Morgan fingerprint density at radius 3 is 2.71 bits per heavy atom. The topological polar surface area (TPSA) is 38.3 Å². The summed E-state index contributed by atoms with van der Waals surface area (Å²) in [6.07, 6.45) is -0.424. The van der Waals surface area contributed by atoms with Gasteiger partial charge < -0.3 is 10.1 Å². The van der Waals surface area contributed by atoms with Crippen LogP contribution in [0.3, 0.4) is 0 Å². The average molecular weight is 308 g/mol. The fourth-order valence-corrected chi connectivity index (χ4v) is 2.19. The lowest BCUT2D eigenvalue weighted by Crippen LogP contribution is -2.29. The van der Waals surface area contributed by atoms with E-state index in [1.807, 2.05) is 0 Å². The maximum absolute atomic E-state index is 13.2. The van der Waals surface area contributed by atoms with E-state index in [2.05, 4.69) is 5.32 Å². The van der Waals surface area contributed by atoms with Gasteiger partial charge in [-0.25, -0.2) is 4.39 Å². The molecular formula is C16H15ClFNO2. The first-order valence-electron chi connectivity index (χ1n) is 6.43. The summed E-state index contributed by atoms with van der Waals surface area (Å²) in [6, 6.07) is 12.9. The molecule has 0 aliphatic heterocycles. The minimum atomic E-state index is -0.424. The molecule has 2 aromatic carbocycles. The largest absolute Gasteiger partial charge is 0.375 e. The normalized spacial score (nSPS) is 12.0. The van der Waals surface area contributed by atoms with Crippen LogP contribution >= 0.6 is 11.6 Å². The van der Waals surface area contributed by atoms with Gasteiger partial charge in [-0.15, -0.1) is 0 Å². The molecule has 1 unspecified atom stereocenters. The fraction of sp³-hybridized carbons (Fsp3) is 0.188.